The molecule has 0 aliphatic heterocycles. The fourth-order valence-electron chi connectivity index (χ4n) is 1.20. The van der Waals surface area contributed by atoms with Crippen LogP contribution in [0.5, 0.6) is 0 Å². The van der Waals surface area contributed by atoms with Gasteiger partial charge in [0.15, 0.2) is 0 Å². The van der Waals surface area contributed by atoms with Gasteiger partial charge in [0.05, 0.1) is 6.61 Å². The van der Waals surface area contributed by atoms with E-state index < -0.39 is 5.41 Å². The van der Waals surface area contributed by atoms with Crippen molar-refractivity contribution in [1.29, 1.82) is 0 Å². The zero-order valence-electron chi connectivity index (χ0n) is 7.09. The molecule has 0 heterocycles. The Morgan fingerprint density at radius 2 is 2.08 bits per heavy atom. The molecule has 0 atom stereocenters. The van der Waals surface area contributed by atoms with E-state index in [1.165, 1.54) is 6.92 Å². The van der Waals surface area contributed by atoms with Gasteiger partial charge in [0.2, 0.25) is 5.91 Å². The fraction of sp³-hybridized carbons (Fsp3) is 0.750. The Labute approximate surface area is 71.0 Å². The lowest BCUT2D eigenvalue weighted by Gasteiger charge is -2.10. The number of amides is 1. The number of aliphatic hydroxyl groups is 1. The first-order valence-corrected chi connectivity index (χ1v) is 4.04. The zero-order chi connectivity index (χ0) is 9.19. The van der Waals surface area contributed by atoms with Crippen molar-refractivity contribution in [2.45, 2.75) is 19.8 Å². The number of nitrogens with one attached hydrogen (secondary N) is 1. The Bertz CT molecular complexity index is 208. The van der Waals surface area contributed by atoms with Gasteiger partial charge in [0.25, 0.3) is 0 Å². The molecule has 1 amide bonds. The van der Waals surface area contributed by atoms with Crippen molar-refractivity contribution in [3.05, 3.63) is 0 Å². The number of aliphatic hydroxyl groups excluding tert-OH is 1. The summed E-state index contributed by atoms with van der Waals surface area (Å²) in [7, 11) is 0. The Kier molecular flexibility index (Phi) is 2.47. The van der Waals surface area contributed by atoms with Gasteiger partial charge in [-0.25, -0.2) is 0 Å². The van der Waals surface area contributed by atoms with Gasteiger partial charge < -0.3 is 10.4 Å². The number of rotatable bonds is 4. The highest BCUT2D eigenvalue weighted by atomic mass is 16.3. The van der Waals surface area contributed by atoms with Crippen molar-refractivity contribution < 1.29 is 14.7 Å². The van der Waals surface area contributed by atoms with E-state index in [9.17, 15) is 9.59 Å². The maximum atomic E-state index is 11.3. The highest BCUT2D eigenvalue weighted by Crippen LogP contribution is 2.46. The minimum Gasteiger partial charge on any atom is -0.395 e. The molecule has 4 heteroatoms. The van der Waals surface area contributed by atoms with E-state index in [4.69, 9.17) is 5.11 Å². The molecular formula is C8H13NO3. The van der Waals surface area contributed by atoms with Crippen molar-refractivity contribution in [1.82, 2.24) is 5.32 Å². The Hall–Kier alpha value is -0.900. The number of carbonyl (C=O) groups is 2. The predicted octanol–water partition coefficient (Wildman–Crippen LogP) is -0.536. The summed E-state index contributed by atoms with van der Waals surface area (Å²) in [5.41, 5.74) is -0.741. The summed E-state index contributed by atoms with van der Waals surface area (Å²) >= 11 is 0. The standard InChI is InChI=1S/C8H13NO3/c1-6(11)8(2-3-8)7(12)9-4-5-10/h10H,2-5H2,1H3,(H,9,12). The van der Waals surface area contributed by atoms with Crippen molar-refractivity contribution in [2.75, 3.05) is 13.2 Å². The Morgan fingerprint density at radius 3 is 2.42 bits per heavy atom. The fourth-order valence-corrected chi connectivity index (χ4v) is 1.20. The van der Waals surface area contributed by atoms with Crippen LogP contribution in [-0.2, 0) is 9.59 Å². The highest BCUT2D eigenvalue weighted by Gasteiger charge is 2.53. The molecule has 0 unspecified atom stereocenters. The number of carbonyl (C=O) groups excluding carboxylic acids is 2. The minimum absolute atomic E-state index is 0.0714. The molecule has 1 aliphatic carbocycles. The highest BCUT2D eigenvalue weighted by molar-refractivity contribution is 6.07. The first kappa shape index (κ1) is 9.19. The maximum absolute atomic E-state index is 11.3. The quantitative estimate of drug-likeness (QED) is 0.558. The lowest BCUT2D eigenvalue weighted by atomic mass is 10.0. The Morgan fingerprint density at radius 1 is 1.50 bits per heavy atom. The van der Waals surface area contributed by atoms with Gasteiger partial charge >= 0.3 is 0 Å². The van der Waals surface area contributed by atoms with Crippen LogP contribution < -0.4 is 5.32 Å². The average Bonchev–Trinajstić information content (AvgIpc) is 2.80. The van der Waals surface area contributed by atoms with Gasteiger partial charge in [-0.1, -0.05) is 0 Å². The average molecular weight is 171 g/mol. The summed E-state index contributed by atoms with van der Waals surface area (Å²) in [6.45, 7) is 1.58. The molecule has 0 radical (unpaired) electrons. The van der Waals surface area contributed by atoms with E-state index in [0.29, 0.717) is 12.8 Å². The van der Waals surface area contributed by atoms with Gasteiger partial charge in [-0.3, -0.25) is 9.59 Å². The van der Waals surface area contributed by atoms with E-state index in [0.717, 1.165) is 0 Å². The largest absolute Gasteiger partial charge is 0.395 e. The Balaban J connectivity index is 2.47. The molecular weight excluding hydrogens is 158 g/mol. The normalized spacial score (nSPS) is 18.5. The molecule has 0 aromatic carbocycles. The van der Waals surface area contributed by atoms with Gasteiger partial charge in [0, 0.05) is 6.54 Å². The van der Waals surface area contributed by atoms with Crippen LogP contribution in [0.25, 0.3) is 0 Å². The van der Waals surface area contributed by atoms with Gasteiger partial charge in [-0.15, -0.1) is 0 Å². The van der Waals surface area contributed by atoms with E-state index in [-0.39, 0.29) is 24.8 Å². The molecule has 1 rings (SSSR count). The maximum Gasteiger partial charge on any atom is 0.233 e. The summed E-state index contributed by atoms with van der Waals surface area (Å²) in [5, 5.41) is 10.9. The third kappa shape index (κ3) is 1.48. The monoisotopic (exact) mass is 171 g/mol. The lowest BCUT2D eigenvalue weighted by Crippen LogP contribution is -2.37. The van der Waals surface area contributed by atoms with E-state index in [1.54, 1.807) is 0 Å². The molecule has 12 heavy (non-hydrogen) atoms. The second-order valence-corrected chi connectivity index (χ2v) is 3.12. The molecule has 1 aliphatic rings. The second-order valence-electron chi connectivity index (χ2n) is 3.12. The van der Waals surface area contributed by atoms with Crippen LogP contribution in [0.1, 0.15) is 19.8 Å². The van der Waals surface area contributed by atoms with Gasteiger partial charge in [-0.05, 0) is 19.8 Å². The smallest absolute Gasteiger partial charge is 0.233 e. The van der Waals surface area contributed by atoms with Crippen LogP contribution in [0, 0.1) is 5.41 Å². The lowest BCUT2D eigenvalue weighted by molar-refractivity contribution is -0.134. The van der Waals surface area contributed by atoms with Gasteiger partial charge in [-0.2, -0.15) is 0 Å². The second kappa shape index (κ2) is 3.23. The van der Waals surface area contributed by atoms with Crippen molar-refractivity contribution in [2.24, 2.45) is 5.41 Å². The van der Waals surface area contributed by atoms with Crippen LogP contribution in [0.2, 0.25) is 0 Å². The minimum atomic E-state index is -0.741. The summed E-state index contributed by atoms with van der Waals surface area (Å²) in [4.78, 5) is 22.3. The molecule has 2 N–H and O–H groups in total. The molecule has 0 bridgehead atoms. The van der Waals surface area contributed by atoms with Crippen LogP contribution in [0.15, 0.2) is 0 Å². The van der Waals surface area contributed by atoms with Crippen molar-refractivity contribution in [3.8, 4) is 0 Å². The molecule has 0 aromatic rings. The third-order valence-corrected chi connectivity index (χ3v) is 2.26. The molecule has 4 nitrogen and oxygen atoms in total. The molecule has 1 fully saturated rings. The number of ketones is 1. The number of Topliss-reactive ketones (excluding diaryl/α,β-unsaturated/α-hetero) is 1. The number of hydrogen-bond acceptors (Lipinski definition) is 3. The molecule has 0 aromatic heterocycles. The van der Waals surface area contributed by atoms with Crippen molar-refractivity contribution in [3.63, 3.8) is 0 Å². The molecule has 68 valence electrons. The molecule has 0 saturated heterocycles. The summed E-state index contributed by atoms with van der Waals surface area (Å²) < 4.78 is 0. The van der Waals surface area contributed by atoms with Gasteiger partial charge in [0.1, 0.15) is 11.2 Å². The van der Waals surface area contributed by atoms with Crippen LogP contribution in [0.4, 0.5) is 0 Å². The summed E-state index contributed by atoms with van der Waals surface area (Å²) in [6, 6.07) is 0. The van der Waals surface area contributed by atoms with E-state index >= 15 is 0 Å². The first-order valence-electron chi connectivity index (χ1n) is 4.04. The van der Waals surface area contributed by atoms with Crippen LogP contribution in [0.3, 0.4) is 0 Å². The van der Waals surface area contributed by atoms with Crippen LogP contribution in [-0.4, -0.2) is 29.9 Å². The van der Waals surface area contributed by atoms with Crippen LogP contribution >= 0.6 is 0 Å². The molecule has 1 saturated carbocycles. The van der Waals surface area contributed by atoms with Crippen molar-refractivity contribution >= 4 is 11.7 Å². The topological polar surface area (TPSA) is 66.4 Å². The molecule has 0 spiro atoms. The SMILES string of the molecule is CC(=O)C1(C(=O)NCCO)CC1. The summed E-state index contributed by atoms with van der Waals surface area (Å²) in [5.74, 6) is -0.304. The number of hydrogen-bond donors (Lipinski definition) is 2. The third-order valence-electron chi connectivity index (χ3n) is 2.26. The zero-order valence-corrected chi connectivity index (χ0v) is 7.09. The first-order chi connectivity index (χ1) is 5.63. The summed E-state index contributed by atoms with van der Waals surface area (Å²) in [6.07, 6.45) is 1.30. The predicted molar refractivity (Wildman–Crippen MR) is 42.4 cm³/mol. The van der Waals surface area contributed by atoms with E-state index in [1.807, 2.05) is 0 Å². The van der Waals surface area contributed by atoms with E-state index in [2.05, 4.69) is 5.32 Å².